The average Bonchev–Trinajstić information content (AvgIpc) is 3.05. The van der Waals surface area contributed by atoms with Gasteiger partial charge in [0.25, 0.3) is 0 Å². The van der Waals surface area contributed by atoms with Crippen LogP contribution in [0, 0.1) is 6.92 Å². The van der Waals surface area contributed by atoms with Gasteiger partial charge in [0.15, 0.2) is 5.13 Å². The van der Waals surface area contributed by atoms with E-state index >= 15 is 0 Å². The molecule has 0 fully saturated rings. The summed E-state index contributed by atoms with van der Waals surface area (Å²) in [5, 5.41) is 1.85. The zero-order chi connectivity index (χ0) is 18.4. The number of hydrogen-bond donors (Lipinski definition) is 0. The number of ether oxygens (including phenoxy) is 1. The standard InChI is InChI=1S/C21H25ClN2OS/c1-3-12-24(21-23-18-11-10-17(22)15-20(18)26-21)13-6-7-14-25-19-9-5-4-8-16(19)2/h4-5,8-11,15H,3,6-7,12-14H2,1-2H3. The lowest BCUT2D eigenvalue weighted by Gasteiger charge is -2.21. The molecule has 3 rings (SSSR count). The molecule has 0 radical (unpaired) electrons. The van der Waals surface area contributed by atoms with Gasteiger partial charge in [-0.3, -0.25) is 0 Å². The lowest BCUT2D eigenvalue weighted by molar-refractivity contribution is 0.305. The van der Waals surface area contributed by atoms with Gasteiger partial charge >= 0.3 is 0 Å². The molecule has 5 heteroatoms. The number of para-hydroxylation sites is 1. The van der Waals surface area contributed by atoms with Crippen LogP contribution in [0.15, 0.2) is 42.5 Å². The predicted molar refractivity (Wildman–Crippen MR) is 113 cm³/mol. The van der Waals surface area contributed by atoms with Crippen molar-refractivity contribution in [2.24, 2.45) is 0 Å². The number of fused-ring (bicyclic) bond motifs is 1. The van der Waals surface area contributed by atoms with Crippen LogP contribution in [0.5, 0.6) is 5.75 Å². The second-order valence-corrected chi connectivity index (χ2v) is 7.86. The maximum absolute atomic E-state index is 6.10. The maximum Gasteiger partial charge on any atom is 0.186 e. The maximum atomic E-state index is 6.10. The van der Waals surface area contributed by atoms with E-state index in [0.29, 0.717) is 0 Å². The molecule has 0 aliphatic rings. The highest BCUT2D eigenvalue weighted by atomic mass is 35.5. The first-order valence-corrected chi connectivity index (χ1v) is 10.4. The van der Waals surface area contributed by atoms with Gasteiger partial charge in [-0.25, -0.2) is 4.98 Å². The van der Waals surface area contributed by atoms with Gasteiger partial charge in [-0.1, -0.05) is 48.1 Å². The second kappa shape index (κ2) is 9.24. The van der Waals surface area contributed by atoms with Crippen molar-refractivity contribution in [3.05, 3.63) is 53.1 Å². The van der Waals surface area contributed by atoms with Crippen LogP contribution >= 0.6 is 22.9 Å². The average molecular weight is 389 g/mol. The molecule has 0 aliphatic carbocycles. The Labute approximate surface area is 164 Å². The van der Waals surface area contributed by atoms with Gasteiger partial charge in [-0.05, 0) is 56.0 Å². The molecule has 0 bridgehead atoms. The van der Waals surface area contributed by atoms with Gasteiger partial charge < -0.3 is 9.64 Å². The largest absolute Gasteiger partial charge is 0.493 e. The first kappa shape index (κ1) is 19.0. The number of aryl methyl sites for hydroxylation is 1. The molecule has 3 nitrogen and oxygen atoms in total. The third kappa shape index (κ3) is 4.89. The number of anilines is 1. The summed E-state index contributed by atoms with van der Waals surface area (Å²) in [6.45, 7) is 7.06. The summed E-state index contributed by atoms with van der Waals surface area (Å²) in [5.41, 5.74) is 2.21. The van der Waals surface area contributed by atoms with Gasteiger partial charge in [-0.2, -0.15) is 0 Å². The summed E-state index contributed by atoms with van der Waals surface area (Å²) in [7, 11) is 0. The SMILES string of the molecule is CCCN(CCCCOc1ccccc1C)c1nc2ccc(Cl)cc2s1. The summed E-state index contributed by atoms with van der Waals surface area (Å²) >= 11 is 7.82. The first-order chi connectivity index (χ1) is 12.7. The van der Waals surface area contributed by atoms with Crippen LogP contribution in [-0.4, -0.2) is 24.7 Å². The second-order valence-electron chi connectivity index (χ2n) is 6.42. The van der Waals surface area contributed by atoms with E-state index in [1.165, 1.54) is 5.56 Å². The number of thiazole rings is 1. The van der Waals surface area contributed by atoms with Crippen molar-refractivity contribution in [1.82, 2.24) is 4.98 Å². The van der Waals surface area contributed by atoms with E-state index in [0.717, 1.165) is 65.1 Å². The van der Waals surface area contributed by atoms with Crippen LogP contribution in [-0.2, 0) is 0 Å². The number of rotatable bonds is 9. The van der Waals surface area contributed by atoms with Gasteiger partial charge in [0.05, 0.1) is 16.8 Å². The lowest BCUT2D eigenvalue weighted by atomic mass is 10.2. The van der Waals surface area contributed by atoms with E-state index in [2.05, 4.69) is 24.8 Å². The van der Waals surface area contributed by atoms with Gasteiger partial charge in [0.1, 0.15) is 5.75 Å². The number of unbranched alkanes of at least 4 members (excludes halogenated alkanes) is 1. The first-order valence-electron chi connectivity index (χ1n) is 9.17. The van der Waals surface area contributed by atoms with Gasteiger partial charge in [-0.15, -0.1) is 0 Å². The molecule has 2 aromatic carbocycles. The van der Waals surface area contributed by atoms with Crippen molar-refractivity contribution in [3.63, 3.8) is 0 Å². The summed E-state index contributed by atoms with van der Waals surface area (Å²) < 4.78 is 7.05. The Bertz CT molecular complexity index is 849. The van der Waals surface area contributed by atoms with Crippen molar-refractivity contribution < 1.29 is 4.74 Å². The van der Waals surface area contributed by atoms with Crippen LogP contribution in [0.2, 0.25) is 5.02 Å². The fourth-order valence-electron chi connectivity index (χ4n) is 2.90. The van der Waals surface area contributed by atoms with Gasteiger partial charge in [0, 0.05) is 18.1 Å². The monoisotopic (exact) mass is 388 g/mol. The molecule has 0 amide bonds. The molecular formula is C21H25ClN2OS. The molecule has 1 aromatic heterocycles. The van der Waals surface area contributed by atoms with E-state index in [1.54, 1.807) is 11.3 Å². The van der Waals surface area contributed by atoms with Crippen LogP contribution < -0.4 is 9.64 Å². The van der Waals surface area contributed by atoms with E-state index in [1.807, 2.05) is 36.4 Å². The molecule has 0 saturated heterocycles. The van der Waals surface area contributed by atoms with Crippen molar-refractivity contribution in [2.75, 3.05) is 24.6 Å². The lowest BCUT2D eigenvalue weighted by Crippen LogP contribution is -2.25. The van der Waals surface area contributed by atoms with Crippen molar-refractivity contribution >= 4 is 38.3 Å². The Morgan fingerprint density at radius 3 is 2.77 bits per heavy atom. The number of halogens is 1. The van der Waals surface area contributed by atoms with E-state index in [9.17, 15) is 0 Å². The van der Waals surface area contributed by atoms with E-state index in [-0.39, 0.29) is 0 Å². The third-order valence-corrected chi connectivity index (χ3v) is 5.59. The molecular weight excluding hydrogens is 364 g/mol. The summed E-state index contributed by atoms with van der Waals surface area (Å²) in [6.07, 6.45) is 3.23. The van der Waals surface area contributed by atoms with Crippen molar-refractivity contribution in [3.8, 4) is 5.75 Å². The zero-order valence-corrected chi connectivity index (χ0v) is 16.9. The van der Waals surface area contributed by atoms with Crippen molar-refractivity contribution in [2.45, 2.75) is 33.1 Å². The highest BCUT2D eigenvalue weighted by molar-refractivity contribution is 7.22. The number of nitrogens with zero attached hydrogens (tertiary/aromatic N) is 2. The number of aromatic nitrogens is 1. The minimum atomic E-state index is 0.750. The molecule has 0 spiro atoms. The number of hydrogen-bond acceptors (Lipinski definition) is 4. The predicted octanol–water partition coefficient (Wildman–Crippen LogP) is 6.33. The van der Waals surface area contributed by atoms with Crippen LogP contribution in [0.1, 0.15) is 31.7 Å². The zero-order valence-electron chi connectivity index (χ0n) is 15.4. The molecule has 0 saturated carbocycles. The Kier molecular flexibility index (Phi) is 6.75. The molecule has 0 unspecified atom stereocenters. The Hall–Kier alpha value is -1.78. The minimum absolute atomic E-state index is 0.750. The quantitative estimate of drug-likeness (QED) is 0.400. The molecule has 0 aliphatic heterocycles. The molecule has 0 N–H and O–H groups in total. The fraction of sp³-hybridized carbons (Fsp3) is 0.381. The third-order valence-electron chi connectivity index (χ3n) is 4.28. The molecule has 138 valence electrons. The molecule has 26 heavy (non-hydrogen) atoms. The summed E-state index contributed by atoms with van der Waals surface area (Å²) in [6, 6.07) is 14.1. The fourth-order valence-corrected chi connectivity index (χ4v) is 4.19. The Balaban J connectivity index is 1.54. The Morgan fingerprint density at radius 2 is 1.96 bits per heavy atom. The normalized spacial score (nSPS) is 11.0. The molecule has 1 heterocycles. The topological polar surface area (TPSA) is 25.4 Å². The van der Waals surface area contributed by atoms with Crippen LogP contribution in [0.3, 0.4) is 0 Å². The summed E-state index contributed by atoms with van der Waals surface area (Å²) in [4.78, 5) is 7.17. The van der Waals surface area contributed by atoms with E-state index < -0.39 is 0 Å². The minimum Gasteiger partial charge on any atom is -0.493 e. The van der Waals surface area contributed by atoms with Crippen LogP contribution in [0.4, 0.5) is 5.13 Å². The van der Waals surface area contributed by atoms with E-state index in [4.69, 9.17) is 21.3 Å². The van der Waals surface area contributed by atoms with Crippen molar-refractivity contribution in [1.29, 1.82) is 0 Å². The Morgan fingerprint density at radius 1 is 1.12 bits per heavy atom. The summed E-state index contributed by atoms with van der Waals surface area (Å²) in [5.74, 6) is 0.987. The number of benzene rings is 2. The van der Waals surface area contributed by atoms with Gasteiger partial charge in [0.2, 0.25) is 0 Å². The molecule has 0 atom stereocenters. The highest BCUT2D eigenvalue weighted by Gasteiger charge is 2.11. The smallest absolute Gasteiger partial charge is 0.186 e. The molecule has 3 aromatic rings. The highest BCUT2D eigenvalue weighted by Crippen LogP contribution is 2.31. The van der Waals surface area contributed by atoms with Crippen LogP contribution in [0.25, 0.3) is 10.2 Å².